The number of carbonyl (C=O) groups is 3. The molecule has 2 amide bonds. The largest absolute Gasteiger partial charge is 0.480 e. The third-order valence-corrected chi connectivity index (χ3v) is 7.35. The van der Waals surface area contributed by atoms with Crippen molar-refractivity contribution in [3.05, 3.63) is 59.7 Å². The summed E-state index contributed by atoms with van der Waals surface area (Å²) in [5, 5.41) is 12.3. The van der Waals surface area contributed by atoms with Crippen LogP contribution in [0.2, 0.25) is 0 Å². The van der Waals surface area contributed by atoms with Gasteiger partial charge >= 0.3 is 12.1 Å². The van der Waals surface area contributed by atoms with Crippen LogP contribution in [0.4, 0.5) is 4.79 Å². The van der Waals surface area contributed by atoms with Crippen molar-refractivity contribution in [2.24, 2.45) is 0 Å². The van der Waals surface area contributed by atoms with Crippen LogP contribution >= 0.6 is 11.8 Å². The monoisotopic (exact) mass is 498 g/mol. The second-order valence-corrected chi connectivity index (χ2v) is 9.73. The van der Waals surface area contributed by atoms with Crippen molar-refractivity contribution in [2.75, 3.05) is 32.3 Å². The number of nitrogens with zero attached hydrogens (tertiary/aromatic N) is 1. The van der Waals surface area contributed by atoms with E-state index in [1.165, 1.54) is 12.0 Å². The summed E-state index contributed by atoms with van der Waals surface area (Å²) < 4.78 is 10.9. The summed E-state index contributed by atoms with van der Waals surface area (Å²) in [6.45, 7) is 0.310. The van der Waals surface area contributed by atoms with Crippen molar-refractivity contribution in [1.29, 1.82) is 0 Å². The first-order chi connectivity index (χ1) is 16.9. The number of hydrogen-bond acceptors (Lipinski definition) is 6. The predicted octanol–water partition coefficient (Wildman–Crippen LogP) is 3.35. The number of nitrogens with one attached hydrogen (secondary N) is 1. The van der Waals surface area contributed by atoms with Gasteiger partial charge in [-0.2, -0.15) is 11.8 Å². The zero-order valence-electron chi connectivity index (χ0n) is 19.8. The Bertz CT molecular complexity index is 1050. The van der Waals surface area contributed by atoms with Gasteiger partial charge in [-0.25, -0.2) is 9.59 Å². The topological polar surface area (TPSA) is 105 Å². The van der Waals surface area contributed by atoms with Crippen LogP contribution in [0.3, 0.4) is 0 Å². The quantitative estimate of drug-likeness (QED) is 0.546. The number of fused-ring (bicyclic) bond motifs is 3. The maximum absolute atomic E-state index is 13.3. The Balaban J connectivity index is 1.44. The molecule has 1 heterocycles. The second kappa shape index (κ2) is 11.1. The van der Waals surface area contributed by atoms with Gasteiger partial charge in [-0.1, -0.05) is 48.5 Å². The second-order valence-electron chi connectivity index (χ2n) is 8.74. The number of alkyl carbamates (subject to hydrolysis) is 1. The molecule has 2 aromatic rings. The van der Waals surface area contributed by atoms with E-state index in [0.717, 1.165) is 22.3 Å². The Hall–Kier alpha value is -3.04. The predicted molar refractivity (Wildman–Crippen MR) is 134 cm³/mol. The molecule has 186 valence electrons. The van der Waals surface area contributed by atoms with Crippen molar-refractivity contribution < 1.29 is 29.0 Å². The molecule has 2 unspecified atom stereocenters. The summed E-state index contributed by atoms with van der Waals surface area (Å²) in [6.07, 6.45) is 1.45. The number of methoxy groups -OCH3 is 1. The SMILES string of the molecule is COC1CC(C(=O)O)N(C(=O)[C@H](CCSC)NC(=O)OCC2c3ccccc3-c3ccccc32)C1. The van der Waals surface area contributed by atoms with Crippen molar-refractivity contribution >= 4 is 29.7 Å². The third-order valence-electron chi connectivity index (χ3n) is 6.71. The fourth-order valence-corrected chi connectivity index (χ4v) is 5.39. The first kappa shape index (κ1) is 25.1. The molecule has 9 heteroatoms. The van der Waals surface area contributed by atoms with E-state index in [1.54, 1.807) is 11.8 Å². The minimum Gasteiger partial charge on any atom is -0.480 e. The Morgan fingerprint density at radius 1 is 1.11 bits per heavy atom. The maximum atomic E-state index is 13.3. The fraction of sp³-hybridized carbons (Fsp3) is 0.423. The highest BCUT2D eigenvalue weighted by molar-refractivity contribution is 7.98. The number of ether oxygens (including phenoxy) is 2. The Morgan fingerprint density at radius 3 is 2.31 bits per heavy atom. The van der Waals surface area contributed by atoms with Crippen LogP contribution in [0.25, 0.3) is 11.1 Å². The molecule has 0 radical (unpaired) electrons. The lowest BCUT2D eigenvalue weighted by molar-refractivity contribution is -0.149. The summed E-state index contributed by atoms with van der Waals surface area (Å²) in [4.78, 5) is 39.1. The number of aliphatic carboxylic acids is 1. The van der Waals surface area contributed by atoms with E-state index in [1.807, 2.05) is 42.7 Å². The average Bonchev–Trinajstić information content (AvgIpc) is 3.45. The minimum atomic E-state index is -1.08. The lowest BCUT2D eigenvalue weighted by atomic mass is 9.98. The summed E-state index contributed by atoms with van der Waals surface area (Å²) in [5.74, 6) is -0.979. The van der Waals surface area contributed by atoms with Crippen molar-refractivity contribution in [2.45, 2.75) is 36.9 Å². The Kier molecular flexibility index (Phi) is 7.97. The standard InChI is InChI=1S/C26H30N2O6S/c1-33-16-13-23(25(30)31)28(14-16)24(29)22(11-12-35-2)27-26(32)34-15-21-19-9-5-3-7-17(19)18-8-4-6-10-20(18)21/h3-10,16,21-23H,11-15H2,1-2H3,(H,27,32)(H,30,31)/t16?,22-,23?/m0/s1. The number of rotatable bonds is 9. The van der Waals surface area contributed by atoms with Gasteiger partial charge in [-0.3, -0.25) is 4.79 Å². The van der Waals surface area contributed by atoms with Crippen molar-refractivity contribution in [3.63, 3.8) is 0 Å². The van der Waals surface area contributed by atoms with Gasteiger partial charge in [0.05, 0.1) is 6.10 Å². The first-order valence-corrected chi connectivity index (χ1v) is 13.0. The van der Waals surface area contributed by atoms with E-state index in [2.05, 4.69) is 17.4 Å². The lowest BCUT2D eigenvalue weighted by Gasteiger charge is -2.27. The van der Waals surface area contributed by atoms with E-state index >= 15 is 0 Å². The molecule has 0 bridgehead atoms. The number of likely N-dealkylation sites (tertiary alicyclic amines) is 1. The number of carboxylic acid groups (broad SMARTS) is 1. The molecule has 8 nitrogen and oxygen atoms in total. The van der Waals surface area contributed by atoms with Crippen LogP contribution in [-0.2, 0) is 19.1 Å². The molecule has 2 aliphatic rings. The van der Waals surface area contributed by atoms with Gasteiger partial charge in [-0.05, 0) is 40.7 Å². The van der Waals surface area contributed by atoms with E-state index < -0.39 is 30.1 Å². The van der Waals surface area contributed by atoms with Gasteiger partial charge in [0, 0.05) is 26.0 Å². The molecule has 4 rings (SSSR count). The van der Waals surface area contributed by atoms with Crippen LogP contribution in [0.1, 0.15) is 29.9 Å². The molecular weight excluding hydrogens is 468 g/mol. The number of carboxylic acids is 1. The van der Waals surface area contributed by atoms with Gasteiger partial charge in [0.2, 0.25) is 5.91 Å². The van der Waals surface area contributed by atoms with Gasteiger partial charge < -0.3 is 24.8 Å². The molecule has 1 fully saturated rings. The van der Waals surface area contributed by atoms with Gasteiger partial charge in [0.15, 0.2) is 0 Å². The fourth-order valence-electron chi connectivity index (χ4n) is 4.92. The number of carbonyl (C=O) groups excluding carboxylic acids is 2. The molecule has 3 atom stereocenters. The number of amides is 2. The maximum Gasteiger partial charge on any atom is 0.407 e. The molecule has 1 saturated heterocycles. The molecule has 35 heavy (non-hydrogen) atoms. The summed E-state index contributed by atoms with van der Waals surface area (Å²) in [6, 6.07) is 14.3. The number of hydrogen-bond donors (Lipinski definition) is 2. The highest BCUT2D eigenvalue weighted by Crippen LogP contribution is 2.44. The molecule has 1 aliphatic heterocycles. The van der Waals surface area contributed by atoms with Gasteiger partial charge in [0.1, 0.15) is 18.7 Å². The van der Waals surface area contributed by atoms with Crippen LogP contribution < -0.4 is 5.32 Å². The molecule has 1 aliphatic carbocycles. The molecule has 0 spiro atoms. The minimum absolute atomic E-state index is 0.0917. The van der Waals surface area contributed by atoms with E-state index in [-0.39, 0.29) is 31.6 Å². The van der Waals surface area contributed by atoms with Crippen molar-refractivity contribution in [1.82, 2.24) is 10.2 Å². The molecule has 0 saturated carbocycles. The molecular formula is C26H30N2O6S. The Morgan fingerprint density at radius 2 is 1.74 bits per heavy atom. The van der Waals surface area contributed by atoms with Crippen molar-refractivity contribution in [3.8, 4) is 11.1 Å². The average molecular weight is 499 g/mol. The number of benzene rings is 2. The molecule has 0 aromatic heterocycles. The number of thioether (sulfide) groups is 1. The van der Waals surface area contributed by atoms with Gasteiger partial charge in [-0.15, -0.1) is 0 Å². The zero-order valence-corrected chi connectivity index (χ0v) is 20.6. The zero-order chi connectivity index (χ0) is 24.9. The van der Waals surface area contributed by atoms with E-state index in [9.17, 15) is 19.5 Å². The molecule has 2 aromatic carbocycles. The normalized spacial score (nSPS) is 19.7. The van der Waals surface area contributed by atoms with Crippen LogP contribution in [0, 0.1) is 0 Å². The van der Waals surface area contributed by atoms with Gasteiger partial charge in [0.25, 0.3) is 0 Å². The summed E-state index contributed by atoms with van der Waals surface area (Å²) in [7, 11) is 1.50. The summed E-state index contributed by atoms with van der Waals surface area (Å²) in [5.41, 5.74) is 4.46. The lowest BCUT2D eigenvalue weighted by Crippen LogP contribution is -2.52. The highest BCUT2D eigenvalue weighted by atomic mass is 32.2. The molecule has 2 N–H and O–H groups in total. The van der Waals surface area contributed by atoms with E-state index in [4.69, 9.17) is 9.47 Å². The Labute approximate surface area is 209 Å². The third kappa shape index (κ3) is 5.31. The van der Waals surface area contributed by atoms with Crippen LogP contribution in [-0.4, -0.2) is 78.4 Å². The highest BCUT2D eigenvalue weighted by Gasteiger charge is 2.42. The first-order valence-electron chi connectivity index (χ1n) is 11.6. The van der Waals surface area contributed by atoms with E-state index in [0.29, 0.717) is 12.2 Å². The summed E-state index contributed by atoms with van der Waals surface area (Å²) >= 11 is 1.54. The smallest absolute Gasteiger partial charge is 0.407 e. The van der Waals surface area contributed by atoms with Crippen LogP contribution in [0.15, 0.2) is 48.5 Å². The van der Waals surface area contributed by atoms with Crippen LogP contribution in [0.5, 0.6) is 0 Å².